The highest BCUT2D eigenvalue weighted by Crippen LogP contribution is 2.26. The van der Waals surface area contributed by atoms with E-state index in [2.05, 4.69) is 54.3 Å². The smallest absolute Gasteiger partial charge is 0.247 e. The molecule has 1 aliphatic heterocycles. The van der Waals surface area contributed by atoms with Gasteiger partial charge < -0.3 is 15.0 Å². The first-order valence-electron chi connectivity index (χ1n) is 6.78. The first-order chi connectivity index (χ1) is 10.2. The van der Waals surface area contributed by atoms with Crippen LogP contribution in [0.3, 0.4) is 0 Å². The molecule has 0 amide bonds. The van der Waals surface area contributed by atoms with Crippen LogP contribution < -0.4 is 10.2 Å². The highest BCUT2D eigenvalue weighted by Gasteiger charge is 2.14. The fourth-order valence-electron chi connectivity index (χ4n) is 2.11. The molecule has 0 unspecified atom stereocenters. The van der Waals surface area contributed by atoms with E-state index in [1.54, 1.807) is 6.20 Å². The second-order valence-corrected chi connectivity index (χ2v) is 5.70. The third-order valence-electron chi connectivity index (χ3n) is 3.23. The molecule has 21 heavy (non-hydrogen) atoms. The van der Waals surface area contributed by atoms with E-state index in [0.717, 1.165) is 23.2 Å². The molecule has 3 rings (SSSR count). The topological polar surface area (TPSA) is 63.2 Å². The van der Waals surface area contributed by atoms with Crippen LogP contribution in [0.4, 0.5) is 17.5 Å². The van der Waals surface area contributed by atoms with Crippen LogP contribution in [0.1, 0.15) is 5.56 Å². The Labute approximate surface area is 131 Å². The zero-order valence-corrected chi connectivity index (χ0v) is 13.3. The van der Waals surface area contributed by atoms with Crippen LogP contribution in [-0.4, -0.2) is 41.5 Å². The Bertz CT molecular complexity index is 631. The van der Waals surface area contributed by atoms with Gasteiger partial charge in [-0.3, -0.25) is 0 Å². The Kier molecular flexibility index (Phi) is 4.31. The summed E-state index contributed by atoms with van der Waals surface area (Å²) in [6.45, 7) is 5.03. The van der Waals surface area contributed by atoms with Gasteiger partial charge in [-0.25, -0.2) is 0 Å². The number of aryl methyl sites for hydroxylation is 1. The first kappa shape index (κ1) is 14.2. The maximum Gasteiger partial charge on any atom is 0.247 e. The molecule has 6 nitrogen and oxygen atoms in total. The van der Waals surface area contributed by atoms with E-state index in [0.29, 0.717) is 25.0 Å². The summed E-state index contributed by atoms with van der Waals surface area (Å²) >= 11 is 3.55. The summed E-state index contributed by atoms with van der Waals surface area (Å²) in [6, 6.07) is 6.11. The molecule has 1 fully saturated rings. The van der Waals surface area contributed by atoms with Crippen LogP contribution in [-0.2, 0) is 4.74 Å². The van der Waals surface area contributed by atoms with Crippen LogP contribution >= 0.6 is 15.9 Å². The molecule has 0 radical (unpaired) electrons. The van der Waals surface area contributed by atoms with Crippen molar-refractivity contribution in [1.82, 2.24) is 15.2 Å². The van der Waals surface area contributed by atoms with Crippen molar-refractivity contribution in [3.05, 3.63) is 34.4 Å². The molecule has 0 spiro atoms. The minimum absolute atomic E-state index is 0.631. The number of aromatic nitrogens is 3. The number of halogens is 1. The summed E-state index contributed by atoms with van der Waals surface area (Å²) in [5, 5.41) is 11.4. The van der Waals surface area contributed by atoms with Gasteiger partial charge in [0.05, 0.1) is 25.1 Å². The quantitative estimate of drug-likeness (QED) is 0.918. The summed E-state index contributed by atoms with van der Waals surface area (Å²) in [6.07, 6.45) is 1.62. The fraction of sp³-hybridized carbons (Fsp3) is 0.357. The van der Waals surface area contributed by atoms with Gasteiger partial charge in [0.2, 0.25) is 5.95 Å². The van der Waals surface area contributed by atoms with Crippen molar-refractivity contribution in [1.29, 1.82) is 0 Å². The summed E-state index contributed by atoms with van der Waals surface area (Å²) in [5.74, 6) is 1.31. The molecule has 7 heteroatoms. The number of hydrogen-bond acceptors (Lipinski definition) is 6. The van der Waals surface area contributed by atoms with Gasteiger partial charge in [0, 0.05) is 17.6 Å². The Morgan fingerprint density at radius 3 is 2.86 bits per heavy atom. The van der Waals surface area contributed by atoms with Crippen molar-refractivity contribution in [2.24, 2.45) is 0 Å². The van der Waals surface area contributed by atoms with E-state index in [1.165, 1.54) is 5.56 Å². The largest absolute Gasteiger partial charge is 0.378 e. The molecular weight excluding hydrogens is 334 g/mol. The molecule has 0 bridgehead atoms. The Morgan fingerprint density at radius 1 is 1.29 bits per heavy atom. The van der Waals surface area contributed by atoms with Gasteiger partial charge in [0.15, 0.2) is 5.82 Å². The third kappa shape index (κ3) is 3.48. The number of nitrogens with zero attached hydrogens (tertiary/aromatic N) is 4. The number of ether oxygens (including phenoxy) is 1. The lowest BCUT2D eigenvalue weighted by molar-refractivity contribution is 0.122. The van der Waals surface area contributed by atoms with Crippen molar-refractivity contribution in [3.8, 4) is 0 Å². The zero-order valence-electron chi connectivity index (χ0n) is 11.7. The van der Waals surface area contributed by atoms with Crippen molar-refractivity contribution in [3.63, 3.8) is 0 Å². The Balaban J connectivity index is 1.79. The number of hydrogen-bond donors (Lipinski definition) is 1. The highest BCUT2D eigenvalue weighted by atomic mass is 79.9. The Morgan fingerprint density at radius 2 is 2.10 bits per heavy atom. The van der Waals surface area contributed by atoms with Crippen LogP contribution in [0, 0.1) is 6.92 Å². The fourth-order valence-corrected chi connectivity index (χ4v) is 2.70. The lowest BCUT2D eigenvalue weighted by Gasteiger charge is -2.26. The van der Waals surface area contributed by atoms with Crippen LogP contribution in [0.15, 0.2) is 28.9 Å². The van der Waals surface area contributed by atoms with Crippen molar-refractivity contribution in [2.45, 2.75) is 6.92 Å². The van der Waals surface area contributed by atoms with E-state index >= 15 is 0 Å². The molecule has 0 saturated carbocycles. The molecule has 110 valence electrons. The summed E-state index contributed by atoms with van der Waals surface area (Å²) < 4.78 is 6.33. The van der Waals surface area contributed by atoms with Crippen LogP contribution in [0.5, 0.6) is 0 Å². The average Bonchev–Trinajstić information content (AvgIpc) is 2.51. The number of benzene rings is 1. The summed E-state index contributed by atoms with van der Waals surface area (Å²) in [5.41, 5.74) is 2.15. The molecular formula is C14H16BrN5O. The molecule has 0 aliphatic carbocycles. The van der Waals surface area contributed by atoms with Crippen molar-refractivity contribution < 1.29 is 4.74 Å². The van der Waals surface area contributed by atoms with E-state index in [1.807, 2.05) is 12.1 Å². The van der Waals surface area contributed by atoms with Gasteiger partial charge >= 0.3 is 0 Å². The number of rotatable bonds is 3. The molecule has 1 aromatic heterocycles. The average molecular weight is 350 g/mol. The lowest BCUT2D eigenvalue weighted by Crippen LogP contribution is -2.37. The molecule has 1 N–H and O–H groups in total. The number of anilines is 3. The molecule has 2 heterocycles. The molecule has 1 aliphatic rings. The van der Waals surface area contributed by atoms with Crippen LogP contribution in [0.2, 0.25) is 0 Å². The van der Waals surface area contributed by atoms with Crippen molar-refractivity contribution in [2.75, 3.05) is 36.5 Å². The summed E-state index contributed by atoms with van der Waals surface area (Å²) in [4.78, 5) is 6.60. The second-order valence-electron chi connectivity index (χ2n) is 4.85. The number of morpholine rings is 1. The predicted molar refractivity (Wildman–Crippen MR) is 85.0 cm³/mol. The molecule has 1 saturated heterocycles. The SMILES string of the molecule is Cc1ccc(Nc2cnnc(N3CCOCC3)n2)c(Br)c1. The molecule has 1 aromatic carbocycles. The van der Waals surface area contributed by atoms with E-state index in [4.69, 9.17) is 4.74 Å². The third-order valence-corrected chi connectivity index (χ3v) is 3.88. The van der Waals surface area contributed by atoms with Crippen LogP contribution in [0.25, 0.3) is 0 Å². The van der Waals surface area contributed by atoms with Gasteiger partial charge in [0.1, 0.15) is 0 Å². The molecule has 0 atom stereocenters. The number of nitrogens with one attached hydrogen (secondary N) is 1. The monoisotopic (exact) mass is 349 g/mol. The van der Waals surface area contributed by atoms with Gasteiger partial charge in [-0.05, 0) is 40.5 Å². The lowest BCUT2D eigenvalue weighted by atomic mass is 10.2. The predicted octanol–water partition coefficient (Wildman–Crippen LogP) is 2.52. The van der Waals surface area contributed by atoms with E-state index in [9.17, 15) is 0 Å². The van der Waals surface area contributed by atoms with Gasteiger partial charge in [-0.2, -0.15) is 10.1 Å². The standard InChI is InChI=1S/C14H16BrN5O/c1-10-2-3-12(11(15)8-10)17-13-9-16-19-14(18-13)20-4-6-21-7-5-20/h2-3,8-9H,4-7H2,1H3,(H,17,18,19). The van der Waals surface area contributed by atoms with E-state index < -0.39 is 0 Å². The maximum absolute atomic E-state index is 5.33. The van der Waals surface area contributed by atoms with Gasteiger partial charge in [-0.15, -0.1) is 5.10 Å². The highest BCUT2D eigenvalue weighted by molar-refractivity contribution is 9.10. The molecule has 2 aromatic rings. The summed E-state index contributed by atoms with van der Waals surface area (Å²) in [7, 11) is 0. The normalized spacial score (nSPS) is 15.0. The first-order valence-corrected chi connectivity index (χ1v) is 7.57. The van der Waals surface area contributed by atoms with E-state index in [-0.39, 0.29) is 0 Å². The van der Waals surface area contributed by atoms with Gasteiger partial charge in [-0.1, -0.05) is 6.07 Å². The Hall–Kier alpha value is -1.73. The van der Waals surface area contributed by atoms with Crippen molar-refractivity contribution >= 4 is 33.4 Å². The van der Waals surface area contributed by atoms with Gasteiger partial charge in [0.25, 0.3) is 0 Å². The second kappa shape index (κ2) is 6.36. The minimum atomic E-state index is 0.631. The zero-order chi connectivity index (χ0) is 14.7. The minimum Gasteiger partial charge on any atom is -0.378 e. The maximum atomic E-state index is 5.33.